The molecule has 1 fully saturated rings. The van der Waals surface area contributed by atoms with Crippen LogP contribution in [0.15, 0.2) is 24.3 Å². The van der Waals surface area contributed by atoms with E-state index in [0.29, 0.717) is 0 Å². The van der Waals surface area contributed by atoms with Gasteiger partial charge in [0.05, 0.1) is 6.61 Å². The first-order chi connectivity index (χ1) is 12.1. The Hall–Kier alpha value is -1.99. The molecule has 0 bridgehead atoms. The van der Waals surface area contributed by atoms with Gasteiger partial charge in [-0.15, -0.1) is 0 Å². The van der Waals surface area contributed by atoms with Crippen LogP contribution in [0, 0.1) is 0 Å². The fourth-order valence-electron chi connectivity index (χ4n) is 2.98. The molecule has 6 nitrogen and oxygen atoms in total. The van der Waals surface area contributed by atoms with Gasteiger partial charge >= 0.3 is 6.03 Å². The molecule has 0 radical (unpaired) electrons. The van der Waals surface area contributed by atoms with Crippen LogP contribution in [0.3, 0.4) is 0 Å². The highest BCUT2D eigenvalue weighted by Gasteiger charge is 2.24. The zero-order valence-electron chi connectivity index (χ0n) is 14.5. The summed E-state index contributed by atoms with van der Waals surface area (Å²) in [4.78, 5) is 20.6. The van der Waals surface area contributed by atoms with E-state index in [-0.39, 0.29) is 11.9 Å². The third-order valence-electron chi connectivity index (χ3n) is 4.47. The van der Waals surface area contributed by atoms with Gasteiger partial charge in [-0.3, -0.25) is 10.1 Å². The van der Waals surface area contributed by atoms with Crippen LogP contribution in [0.4, 0.5) is 4.79 Å². The molecular weight excluding hydrogens is 338 g/mol. The maximum Gasteiger partial charge on any atom is 0.322 e. The van der Waals surface area contributed by atoms with Crippen molar-refractivity contribution in [2.24, 2.45) is 0 Å². The van der Waals surface area contributed by atoms with E-state index in [1.54, 1.807) is 6.92 Å². The lowest BCUT2D eigenvalue weighted by Crippen LogP contribution is -2.24. The largest absolute Gasteiger partial charge is 0.493 e. The SMILES string of the molecule is CC1NC(=O)NC1=O.CSN1CC=C(c2ccc3c(c2)CCO3)CC1. The molecule has 0 spiro atoms. The van der Waals surface area contributed by atoms with Crippen molar-refractivity contribution < 1.29 is 14.3 Å². The third-order valence-corrected chi connectivity index (χ3v) is 5.32. The molecule has 3 aliphatic heterocycles. The number of rotatable bonds is 2. The number of imide groups is 1. The third kappa shape index (κ3) is 4.35. The number of benzene rings is 1. The molecule has 1 aromatic rings. The van der Waals surface area contributed by atoms with E-state index in [1.807, 2.05) is 11.9 Å². The minimum absolute atomic E-state index is 0.255. The van der Waals surface area contributed by atoms with Gasteiger partial charge in [0.25, 0.3) is 0 Å². The van der Waals surface area contributed by atoms with Crippen molar-refractivity contribution >= 4 is 29.5 Å². The molecular formula is C18H23N3O3S. The van der Waals surface area contributed by atoms with E-state index < -0.39 is 6.03 Å². The van der Waals surface area contributed by atoms with Crippen LogP contribution in [0.25, 0.3) is 5.57 Å². The summed E-state index contributed by atoms with van der Waals surface area (Å²) in [6.45, 7) is 4.68. The fraction of sp³-hybridized carbons (Fsp3) is 0.444. The molecule has 1 unspecified atom stereocenters. The number of carbonyl (C=O) groups is 2. The highest BCUT2D eigenvalue weighted by molar-refractivity contribution is 7.96. The van der Waals surface area contributed by atoms with Gasteiger partial charge in [0.1, 0.15) is 11.8 Å². The standard InChI is InChI=1S/C14H17NOS.C4H6N2O2/c1-17-15-7-4-11(5-8-15)12-2-3-14-13(10-12)6-9-16-14;1-2-3(7)6-4(8)5-2/h2-4,10H,5-9H2,1H3;2H,1H3,(H2,5,6,7,8). The number of nitrogens with one attached hydrogen (secondary N) is 2. The maximum atomic E-state index is 10.4. The van der Waals surface area contributed by atoms with Crippen LogP contribution < -0.4 is 15.4 Å². The van der Waals surface area contributed by atoms with Gasteiger partial charge in [-0.05, 0) is 48.4 Å². The summed E-state index contributed by atoms with van der Waals surface area (Å²) >= 11 is 1.83. The summed E-state index contributed by atoms with van der Waals surface area (Å²) in [5.74, 6) is 0.825. The molecule has 0 aromatic heterocycles. The monoisotopic (exact) mass is 361 g/mol. The predicted octanol–water partition coefficient (Wildman–Crippen LogP) is 2.20. The van der Waals surface area contributed by atoms with E-state index in [0.717, 1.165) is 38.3 Å². The maximum absolute atomic E-state index is 10.4. The van der Waals surface area contributed by atoms with E-state index >= 15 is 0 Å². The number of carbonyl (C=O) groups excluding carboxylic acids is 2. The van der Waals surface area contributed by atoms with Crippen molar-refractivity contribution in [3.63, 3.8) is 0 Å². The molecule has 25 heavy (non-hydrogen) atoms. The van der Waals surface area contributed by atoms with E-state index in [1.165, 1.54) is 16.7 Å². The molecule has 134 valence electrons. The molecule has 2 N–H and O–H groups in total. The second-order valence-electron chi connectivity index (χ2n) is 6.16. The van der Waals surface area contributed by atoms with Crippen molar-refractivity contribution in [1.29, 1.82) is 0 Å². The fourth-order valence-corrected chi connectivity index (χ4v) is 3.48. The van der Waals surface area contributed by atoms with Crippen molar-refractivity contribution in [3.8, 4) is 5.75 Å². The van der Waals surface area contributed by atoms with Crippen molar-refractivity contribution in [3.05, 3.63) is 35.4 Å². The Morgan fingerprint density at radius 3 is 2.68 bits per heavy atom. The predicted molar refractivity (Wildman–Crippen MR) is 99.5 cm³/mol. The quantitative estimate of drug-likeness (QED) is 0.624. The topological polar surface area (TPSA) is 70.7 Å². The van der Waals surface area contributed by atoms with Crippen molar-refractivity contribution in [2.75, 3.05) is 26.0 Å². The minimum atomic E-state index is -0.400. The van der Waals surface area contributed by atoms with Crippen LogP contribution >= 0.6 is 11.9 Å². The first-order valence-corrected chi connectivity index (χ1v) is 9.60. The van der Waals surface area contributed by atoms with Gasteiger partial charge < -0.3 is 10.1 Å². The molecule has 0 aliphatic carbocycles. The molecule has 1 aromatic carbocycles. The second kappa shape index (κ2) is 7.93. The van der Waals surface area contributed by atoms with Gasteiger partial charge in [0, 0.05) is 19.5 Å². The van der Waals surface area contributed by atoms with Gasteiger partial charge in [-0.2, -0.15) is 0 Å². The highest BCUT2D eigenvalue weighted by atomic mass is 32.2. The van der Waals surface area contributed by atoms with Gasteiger partial charge in [-0.25, -0.2) is 9.10 Å². The van der Waals surface area contributed by atoms with Crippen LogP contribution in [0.5, 0.6) is 5.75 Å². The highest BCUT2D eigenvalue weighted by Crippen LogP contribution is 2.31. The van der Waals surface area contributed by atoms with Crippen LogP contribution in [-0.4, -0.2) is 48.2 Å². The van der Waals surface area contributed by atoms with Crippen molar-refractivity contribution in [1.82, 2.24) is 14.9 Å². The molecule has 3 amide bonds. The van der Waals surface area contributed by atoms with Crippen LogP contribution in [-0.2, 0) is 11.2 Å². The number of nitrogens with zero attached hydrogens (tertiary/aromatic N) is 1. The van der Waals surface area contributed by atoms with Crippen molar-refractivity contribution in [2.45, 2.75) is 25.8 Å². The van der Waals surface area contributed by atoms with Gasteiger partial charge in [-0.1, -0.05) is 24.1 Å². The van der Waals surface area contributed by atoms with Crippen LogP contribution in [0.1, 0.15) is 24.5 Å². The number of fused-ring (bicyclic) bond motifs is 1. The Morgan fingerprint density at radius 2 is 2.12 bits per heavy atom. The average molecular weight is 361 g/mol. The van der Waals surface area contributed by atoms with Gasteiger partial charge in [0.2, 0.25) is 5.91 Å². The Labute approximate surface area is 152 Å². The number of hydrogen-bond donors (Lipinski definition) is 2. The summed E-state index contributed by atoms with van der Waals surface area (Å²) in [6.07, 6.45) is 6.72. The zero-order valence-corrected chi connectivity index (χ0v) is 15.3. The molecule has 1 atom stereocenters. The van der Waals surface area contributed by atoms with E-state index in [9.17, 15) is 9.59 Å². The first-order valence-electron chi connectivity index (χ1n) is 8.42. The summed E-state index contributed by atoms with van der Waals surface area (Å²) in [5.41, 5.74) is 4.25. The lowest BCUT2D eigenvalue weighted by atomic mass is 9.98. The molecule has 3 aliphatic rings. The summed E-state index contributed by atoms with van der Waals surface area (Å²) in [5, 5.41) is 4.44. The molecule has 0 saturated carbocycles. The second-order valence-corrected chi connectivity index (χ2v) is 7.04. The smallest absolute Gasteiger partial charge is 0.322 e. The van der Waals surface area contributed by atoms with E-state index in [4.69, 9.17) is 4.74 Å². The molecule has 7 heteroatoms. The Kier molecular flexibility index (Phi) is 5.65. The number of ether oxygens (including phenoxy) is 1. The first kappa shape index (κ1) is 17.8. The summed E-state index contributed by atoms with van der Waals surface area (Å²) < 4.78 is 7.93. The van der Waals surface area contributed by atoms with Crippen LogP contribution in [0.2, 0.25) is 0 Å². The lowest BCUT2D eigenvalue weighted by Gasteiger charge is -2.24. The van der Waals surface area contributed by atoms with E-state index in [2.05, 4.69) is 45.5 Å². The molecule has 3 heterocycles. The summed E-state index contributed by atoms with van der Waals surface area (Å²) in [6, 6.07) is 5.87. The lowest BCUT2D eigenvalue weighted by molar-refractivity contribution is -0.119. The molecule has 4 rings (SSSR count). The number of hydrogen-bond acceptors (Lipinski definition) is 5. The Bertz CT molecular complexity index is 705. The number of urea groups is 1. The number of amides is 3. The van der Waals surface area contributed by atoms with Gasteiger partial charge in [0.15, 0.2) is 0 Å². The zero-order chi connectivity index (χ0) is 17.8. The Morgan fingerprint density at radius 1 is 1.28 bits per heavy atom. The Balaban J connectivity index is 0.000000192. The summed E-state index contributed by atoms with van der Waals surface area (Å²) in [7, 11) is 0. The molecule has 1 saturated heterocycles. The normalized spacial score (nSPS) is 22.2. The average Bonchev–Trinajstić information content (AvgIpc) is 3.20. The minimum Gasteiger partial charge on any atom is -0.493 e.